The van der Waals surface area contributed by atoms with Crippen LogP contribution in [0.4, 0.5) is 0 Å². The zero-order valence-corrected chi connectivity index (χ0v) is 13.0. The van der Waals surface area contributed by atoms with Gasteiger partial charge in [0.1, 0.15) is 0 Å². The van der Waals surface area contributed by atoms with Crippen LogP contribution in [0.15, 0.2) is 27.1 Å². The fourth-order valence-electron chi connectivity index (χ4n) is 1.55. The second-order valence-electron chi connectivity index (χ2n) is 3.97. The van der Waals surface area contributed by atoms with Crippen LogP contribution in [0.2, 0.25) is 0 Å². The van der Waals surface area contributed by atoms with Crippen LogP contribution in [0, 0.1) is 0 Å². The molecule has 0 unspecified atom stereocenters. The number of amides is 1. The first-order valence-corrected chi connectivity index (χ1v) is 6.92. The summed E-state index contributed by atoms with van der Waals surface area (Å²) in [7, 11) is 0. The van der Waals surface area contributed by atoms with Gasteiger partial charge in [-0.15, -0.1) is 0 Å². The summed E-state index contributed by atoms with van der Waals surface area (Å²) in [6.07, 6.45) is 0. The molecule has 1 aromatic carbocycles. The number of nitrogens with zero attached hydrogens (tertiary/aromatic N) is 1. The van der Waals surface area contributed by atoms with Gasteiger partial charge in [-0.25, -0.2) is 0 Å². The van der Waals surface area contributed by atoms with Crippen molar-refractivity contribution in [2.75, 3.05) is 13.2 Å². The molecular weight excluding hydrogens is 350 g/mol. The Morgan fingerprint density at radius 3 is 2.24 bits per heavy atom. The minimum atomic E-state index is -0.0731. The van der Waals surface area contributed by atoms with Gasteiger partial charge in [0.05, 0.1) is 6.61 Å². The average Bonchev–Trinajstić information content (AvgIpc) is 2.23. The summed E-state index contributed by atoms with van der Waals surface area (Å²) in [6, 6.07) is 5.50. The van der Waals surface area contributed by atoms with Gasteiger partial charge >= 0.3 is 0 Å². The normalized spacial score (nSPS) is 10.7. The van der Waals surface area contributed by atoms with Gasteiger partial charge in [0.25, 0.3) is 5.91 Å². The molecule has 0 saturated heterocycles. The molecule has 0 spiro atoms. The lowest BCUT2D eigenvalue weighted by Gasteiger charge is -2.26. The molecule has 1 N–H and O–H groups in total. The largest absolute Gasteiger partial charge is 0.395 e. The SMILES string of the molecule is CC(C)N(CCO)C(=O)c1cc(Br)cc(Br)c1. The molecule has 94 valence electrons. The van der Waals surface area contributed by atoms with E-state index in [0.717, 1.165) is 8.95 Å². The van der Waals surface area contributed by atoms with Gasteiger partial charge in [0, 0.05) is 27.1 Å². The molecule has 0 saturated carbocycles. The van der Waals surface area contributed by atoms with Crippen LogP contribution in [-0.2, 0) is 0 Å². The zero-order valence-electron chi connectivity index (χ0n) is 9.78. The van der Waals surface area contributed by atoms with Gasteiger partial charge in [0.2, 0.25) is 0 Å². The van der Waals surface area contributed by atoms with Crippen LogP contribution in [0.5, 0.6) is 0 Å². The summed E-state index contributed by atoms with van der Waals surface area (Å²) < 4.78 is 1.70. The minimum absolute atomic E-state index is 0.0287. The molecule has 0 heterocycles. The molecule has 0 atom stereocenters. The lowest BCUT2D eigenvalue weighted by Crippen LogP contribution is -2.39. The van der Waals surface area contributed by atoms with Crippen LogP contribution in [0.1, 0.15) is 24.2 Å². The maximum Gasteiger partial charge on any atom is 0.254 e. The molecule has 5 heteroatoms. The van der Waals surface area contributed by atoms with Crippen LogP contribution in [0.25, 0.3) is 0 Å². The highest BCUT2D eigenvalue weighted by atomic mass is 79.9. The smallest absolute Gasteiger partial charge is 0.254 e. The standard InChI is InChI=1S/C12H15Br2NO2/c1-8(2)15(3-4-16)12(17)9-5-10(13)7-11(14)6-9/h5-8,16H,3-4H2,1-2H3. The molecule has 0 fully saturated rings. The topological polar surface area (TPSA) is 40.5 Å². The number of aliphatic hydroxyl groups is 1. The first-order valence-electron chi connectivity index (χ1n) is 5.33. The zero-order chi connectivity index (χ0) is 13.0. The fourth-order valence-corrected chi connectivity index (χ4v) is 2.84. The number of hydrogen-bond acceptors (Lipinski definition) is 2. The molecule has 0 aliphatic heterocycles. The Labute approximate surface area is 118 Å². The molecular formula is C12H15Br2NO2. The monoisotopic (exact) mass is 363 g/mol. The van der Waals surface area contributed by atoms with E-state index in [9.17, 15) is 4.79 Å². The van der Waals surface area contributed by atoms with Gasteiger partial charge in [0.15, 0.2) is 0 Å². The van der Waals surface area contributed by atoms with E-state index in [2.05, 4.69) is 31.9 Å². The quantitative estimate of drug-likeness (QED) is 0.891. The Bertz CT molecular complexity index is 387. The Morgan fingerprint density at radius 2 is 1.82 bits per heavy atom. The third kappa shape index (κ3) is 4.08. The highest BCUT2D eigenvalue weighted by Gasteiger charge is 2.18. The summed E-state index contributed by atoms with van der Waals surface area (Å²) in [5.41, 5.74) is 0.605. The van der Waals surface area contributed by atoms with Gasteiger partial charge in [-0.2, -0.15) is 0 Å². The van der Waals surface area contributed by atoms with Crippen molar-refractivity contribution in [1.29, 1.82) is 0 Å². The van der Waals surface area contributed by atoms with Crippen molar-refractivity contribution in [2.45, 2.75) is 19.9 Å². The predicted octanol–water partition coefficient (Wildman–Crippen LogP) is 3.05. The molecule has 1 amide bonds. The van der Waals surface area contributed by atoms with E-state index in [1.54, 1.807) is 17.0 Å². The number of carbonyl (C=O) groups excluding carboxylic acids is 1. The molecule has 1 aromatic rings. The second-order valence-corrected chi connectivity index (χ2v) is 5.81. The number of carbonyl (C=O) groups is 1. The Kier molecular flexibility index (Phi) is 5.62. The van der Waals surface area contributed by atoms with Gasteiger partial charge < -0.3 is 10.0 Å². The van der Waals surface area contributed by atoms with Gasteiger partial charge in [-0.05, 0) is 32.0 Å². The number of aliphatic hydroxyl groups excluding tert-OH is 1. The first kappa shape index (κ1) is 14.7. The summed E-state index contributed by atoms with van der Waals surface area (Å²) in [6.45, 7) is 4.18. The first-order chi connectivity index (χ1) is 7.95. The maximum atomic E-state index is 12.3. The van der Waals surface area contributed by atoms with E-state index >= 15 is 0 Å². The molecule has 0 aliphatic carbocycles. The van der Waals surface area contributed by atoms with Gasteiger partial charge in [-0.3, -0.25) is 4.79 Å². The van der Waals surface area contributed by atoms with Crippen molar-refractivity contribution in [1.82, 2.24) is 4.90 Å². The Balaban J connectivity index is 3.00. The third-order valence-electron chi connectivity index (χ3n) is 2.33. The summed E-state index contributed by atoms with van der Waals surface area (Å²) in [5, 5.41) is 8.98. The molecule has 0 radical (unpaired) electrons. The van der Waals surface area contributed by atoms with Crippen LogP contribution in [-0.4, -0.2) is 35.1 Å². The lowest BCUT2D eigenvalue weighted by molar-refractivity contribution is 0.0665. The highest BCUT2D eigenvalue weighted by Crippen LogP contribution is 2.21. The predicted molar refractivity (Wildman–Crippen MR) is 75.1 cm³/mol. The van der Waals surface area contributed by atoms with E-state index in [1.165, 1.54) is 0 Å². The van der Waals surface area contributed by atoms with E-state index in [0.29, 0.717) is 12.1 Å². The maximum absolute atomic E-state index is 12.3. The van der Waals surface area contributed by atoms with Crippen LogP contribution in [0.3, 0.4) is 0 Å². The van der Waals surface area contributed by atoms with Gasteiger partial charge in [-0.1, -0.05) is 31.9 Å². The van der Waals surface area contributed by atoms with E-state index < -0.39 is 0 Å². The number of halogens is 2. The van der Waals surface area contributed by atoms with Crippen molar-refractivity contribution < 1.29 is 9.90 Å². The third-order valence-corrected chi connectivity index (χ3v) is 3.25. The highest BCUT2D eigenvalue weighted by molar-refractivity contribution is 9.11. The van der Waals surface area contributed by atoms with Crippen molar-refractivity contribution in [3.05, 3.63) is 32.7 Å². The molecule has 1 rings (SSSR count). The summed E-state index contributed by atoms with van der Waals surface area (Å²) in [5.74, 6) is -0.0731. The van der Waals surface area contributed by atoms with Crippen molar-refractivity contribution >= 4 is 37.8 Å². The molecule has 3 nitrogen and oxygen atoms in total. The average molecular weight is 365 g/mol. The van der Waals surface area contributed by atoms with E-state index in [4.69, 9.17) is 5.11 Å². The number of benzene rings is 1. The van der Waals surface area contributed by atoms with Crippen LogP contribution >= 0.6 is 31.9 Å². The fraction of sp³-hybridized carbons (Fsp3) is 0.417. The second kappa shape index (κ2) is 6.52. The van der Waals surface area contributed by atoms with Crippen molar-refractivity contribution in [3.8, 4) is 0 Å². The number of hydrogen-bond donors (Lipinski definition) is 1. The molecule has 17 heavy (non-hydrogen) atoms. The Morgan fingerprint density at radius 1 is 1.29 bits per heavy atom. The molecule has 0 bridgehead atoms. The summed E-state index contributed by atoms with van der Waals surface area (Å²) >= 11 is 6.71. The van der Waals surface area contributed by atoms with Crippen LogP contribution < -0.4 is 0 Å². The number of rotatable bonds is 4. The summed E-state index contributed by atoms with van der Waals surface area (Å²) in [4.78, 5) is 13.9. The van der Waals surface area contributed by atoms with Crippen molar-refractivity contribution in [2.24, 2.45) is 0 Å². The molecule has 0 aromatic heterocycles. The Hall–Kier alpha value is -0.390. The molecule has 0 aliphatic rings. The minimum Gasteiger partial charge on any atom is -0.395 e. The van der Waals surface area contributed by atoms with E-state index in [-0.39, 0.29) is 18.6 Å². The van der Waals surface area contributed by atoms with E-state index in [1.807, 2.05) is 19.9 Å². The lowest BCUT2D eigenvalue weighted by atomic mass is 10.1. The van der Waals surface area contributed by atoms with Crippen molar-refractivity contribution in [3.63, 3.8) is 0 Å².